The summed E-state index contributed by atoms with van der Waals surface area (Å²) in [7, 11) is 0. The largest absolute Gasteiger partial charge is 0.501 e. The Balaban J connectivity index is 2.61. The summed E-state index contributed by atoms with van der Waals surface area (Å²) in [5.41, 5.74) is 1.75. The average molecular weight is 126 g/mol. The lowest BCUT2D eigenvalue weighted by atomic mass is 9.86. The molecule has 52 valence electrons. The molecule has 1 aliphatic rings. The van der Waals surface area contributed by atoms with Gasteiger partial charge in [0.15, 0.2) is 0 Å². The first-order valence-corrected chi connectivity index (χ1v) is 3.42. The molecule has 1 heterocycles. The van der Waals surface area contributed by atoms with Gasteiger partial charge in [0.1, 0.15) is 0 Å². The van der Waals surface area contributed by atoms with E-state index in [1.54, 1.807) is 0 Å². The van der Waals surface area contributed by atoms with Crippen LogP contribution in [-0.2, 0) is 4.74 Å². The third-order valence-corrected chi connectivity index (χ3v) is 1.68. The lowest BCUT2D eigenvalue weighted by Crippen LogP contribution is -2.07. The molecule has 0 aromatic carbocycles. The van der Waals surface area contributed by atoms with Gasteiger partial charge in [-0.15, -0.1) is 0 Å². The van der Waals surface area contributed by atoms with E-state index in [9.17, 15) is 0 Å². The topological polar surface area (TPSA) is 9.23 Å². The van der Waals surface area contributed by atoms with Crippen molar-refractivity contribution in [2.45, 2.75) is 27.2 Å². The van der Waals surface area contributed by atoms with E-state index in [-0.39, 0.29) is 0 Å². The van der Waals surface area contributed by atoms with E-state index in [4.69, 9.17) is 4.74 Å². The molecule has 0 aromatic rings. The molecule has 0 unspecified atom stereocenters. The van der Waals surface area contributed by atoms with Crippen LogP contribution in [0.2, 0.25) is 0 Å². The van der Waals surface area contributed by atoms with Crippen LogP contribution in [-0.4, -0.2) is 6.61 Å². The van der Waals surface area contributed by atoms with Crippen molar-refractivity contribution in [2.24, 2.45) is 5.41 Å². The summed E-state index contributed by atoms with van der Waals surface area (Å²) in [6, 6.07) is 0. The molecule has 0 N–H and O–H groups in total. The third kappa shape index (κ3) is 1.47. The van der Waals surface area contributed by atoms with Crippen LogP contribution in [0.4, 0.5) is 0 Å². The average Bonchev–Trinajstić information content (AvgIpc) is 2.08. The lowest BCUT2D eigenvalue weighted by molar-refractivity contribution is 0.281. The Morgan fingerprint density at radius 1 is 1.44 bits per heavy atom. The maximum Gasteiger partial charge on any atom is 0.0911 e. The van der Waals surface area contributed by atoms with Gasteiger partial charge >= 0.3 is 0 Å². The first-order chi connectivity index (χ1) is 4.11. The molecular formula is C8H14O. The van der Waals surface area contributed by atoms with Crippen LogP contribution in [0.15, 0.2) is 11.8 Å². The normalized spacial score (nSPS) is 19.2. The maximum atomic E-state index is 5.12. The van der Waals surface area contributed by atoms with Crippen LogP contribution in [0.1, 0.15) is 27.2 Å². The highest BCUT2D eigenvalue weighted by Gasteiger charge is 2.19. The van der Waals surface area contributed by atoms with E-state index in [1.807, 2.05) is 6.26 Å². The van der Waals surface area contributed by atoms with E-state index >= 15 is 0 Å². The molecule has 0 aromatic heterocycles. The van der Waals surface area contributed by atoms with Crippen molar-refractivity contribution in [1.29, 1.82) is 0 Å². The van der Waals surface area contributed by atoms with Gasteiger partial charge in [-0.1, -0.05) is 20.8 Å². The van der Waals surface area contributed by atoms with E-state index in [0.717, 1.165) is 13.0 Å². The second-order valence-electron chi connectivity index (χ2n) is 3.51. The summed E-state index contributed by atoms with van der Waals surface area (Å²) in [6.45, 7) is 7.53. The van der Waals surface area contributed by atoms with Crippen molar-refractivity contribution in [2.75, 3.05) is 6.61 Å². The van der Waals surface area contributed by atoms with Crippen molar-refractivity contribution in [3.05, 3.63) is 11.8 Å². The lowest BCUT2D eigenvalue weighted by Gasteiger charge is -2.17. The minimum absolute atomic E-state index is 0.316. The van der Waals surface area contributed by atoms with Gasteiger partial charge in [-0.2, -0.15) is 0 Å². The first kappa shape index (κ1) is 6.66. The zero-order chi connectivity index (χ0) is 6.91. The quantitative estimate of drug-likeness (QED) is 0.484. The fourth-order valence-corrected chi connectivity index (χ4v) is 0.939. The number of rotatable bonds is 0. The van der Waals surface area contributed by atoms with Crippen LogP contribution in [0.5, 0.6) is 0 Å². The van der Waals surface area contributed by atoms with Gasteiger partial charge in [0, 0.05) is 6.42 Å². The minimum Gasteiger partial charge on any atom is -0.501 e. The van der Waals surface area contributed by atoms with Gasteiger partial charge in [-0.3, -0.25) is 0 Å². The van der Waals surface area contributed by atoms with E-state index in [0.29, 0.717) is 5.41 Å². The van der Waals surface area contributed by atoms with Crippen molar-refractivity contribution >= 4 is 0 Å². The van der Waals surface area contributed by atoms with Gasteiger partial charge in [-0.05, 0) is 11.0 Å². The van der Waals surface area contributed by atoms with E-state index in [1.165, 1.54) is 5.57 Å². The molecular weight excluding hydrogens is 112 g/mol. The van der Waals surface area contributed by atoms with Gasteiger partial charge in [-0.25, -0.2) is 0 Å². The number of hydrogen-bond acceptors (Lipinski definition) is 1. The van der Waals surface area contributed by atoms with Gasteiger partial charge in [0.2, 0.25) is 0 Å². The Morgan fingerprint density at radius 3 is 2.33 bits per heavy atom. The fraction of sp³-hybridized carbons (Fsp3) is 0.750. The molecule has 0 amide bonds. The highest BCUT2D eigenvalue weighted by molar-refractivity contribution is 5.10. The van der Waals surface area contributed by atoms with Crippen molar-refractivity contribution < 1.29 is 4.74 Å². The SMILES string of the molecule is CC(C)(C)C1=COCC1. The van der Waals surface area contributed by atoms with Gasteiger partial charge in [0.25, 0.3) is 0 Å². The second kappa shape index (κ2) is 2.05. The van der Waals surface area contributed by atoms with Crippen molar-refractivity contribution in [3.8, 4) is 0 Å². The van der Waals surface area contributed by atoms with Gasteiger partial charge in [0.05, 0.1) is 12.9 Å². The Labute approximate surface area is 56.7 Å². The molecule has 1 aliphatic heterocycles. The Kier molecular flexibility index (Phi) is 1.52. The Hall–Kier alpha value is -0.460. The minimum atomic E-state index is 0.316. The Morgan fingerprint density at radius 2 is 2.11 bits per heavy atom. The summed E-state index contributed by atoms with van der Waals surface area (Å²) in [4.78, 5) is 0. The molecule has 1 rings (SSSR count). The molecule has 0 saturated carbocycles. The highest BCUT2D eigenvalue weighted by Crippen LogP contribution is 2.30. The third-order valence-electron chi connectivity index (χ3n) is 1.68. The van der Waals surface area contributed by atoms with Gasteiger partial charge < -0.3 is 4.74 Å². The number of hydrogen-bond donors (Lipinski definition) is 0. The maximum absolute atomic E-state index is 5.12. The summed E-state index contributed by atoms with van der Waals surface area (Å²) in [5.74, 6) is 0. The molecule has 0 saturated heterocycles. The predicted octanol–water partition coefficient (Wildman–Crippen LogP) is 2.34. The highest BCUT2D eigenvalue weighted by atomic mass is 16.5. The summed E-state index contributed by atoms with van der Waals surface area (Å²) < 4.78 is 5.12. The Bertz CT molecular complexity index is 128. The van der Waals surface area contributed by atoms with Crippen LogP contribution in [0.3, 0.4) is 0 Å². The summed E-state index contributed by atoms with van der Waals surface area (Å²) >= 11 is 0. The van der Waals surface area contributed by atoms with Crippen molar-refractivity contribution in [1.82, 2.24) is 0 Å². The monoisotopic (exact) mass is 126 g/mol. The zero-order valence-electron chi connectivity index (χ0n) is 6.40. The summed E-state index contributed by atoms with van der Waals surface area (Å²) in [6.07, 6.45) is 3.02. The molecule has 0 atom stereocenters. The molecule has 1 heteroatoms. The summed E-state index contributed by atoms with van der Waals surface area (Å²) in [5, 5.41) is 0. The van der Waals surface area contributed by atoms with E-state index in [2.05, 4.69) is 20.8 Å². The standard InChI is InChI=1S/C8H14O/c1-8(2,3)7-4-5-9-6-7/h6H,4-5H2,1-3H3. The second-order valence-corrected chi connectivity index (χ2v) is 3.51. The molecule has 0 aliphatic carbocycles. The predicted molar refractivity (Wildman–Crippen MR) is 38.1 cm³/mol. The first-order valence-electron chi connectivity index (χ1n) is 3.42. The van der Waals surface area contributed by atoms with Crippen LogP contribution in [0, 0.1) is 5.41 Å². The molecule has 0 radical (unpaired) electrons. The molecule has 9 heavy (non-hydrogen) atoms. The molecule has 1 nitrogen and oxygen atoms in total. The van der Waals surface area contributed by atoms with E-state index < -0.39 is 0 Å². The van der Waals surface area contributed by atoms with Crippen LogP contribution < -0.4 is 0 Å². The zero-order valence-corrected chi connectivity index (χ0v) is 6.40. The molecule has 0 bridgehead atoms. The smallest absolute Gasteiger partial charge is 0.0911 e. The number of ether oxygens (including phenoxy) is 1. The molecule has 0 fully saturated rings. The molecule has 0 spiro atoms. The fourth-order valence-electron chi connectivity index (χ4n) is 0.939. The van der Waals surface area contributed by atoms with Crippen LogP contribution in [0.25, 0.3) is 0 Å². The van der Waals surface area contributed by atoms with Crippen molar-refractivity contribution in [3.63, 3.8) is 0 Å². The van der Waals surface area contributed by atoms with Crippen LogP contribution >= 0.6 is 0 Å².